The van der Waals surface area contributed by atoms with E-state index in [1.165, 1.54) is 6.92 Å². The van der Waals surface area contributed by atoms with Gasteiger partial charge in [-0.15, -0.1) is 0 Å². The number of carbonyl (C=O) groups is 2. The number of para-hydroxylation sites is 2. The Morgan fingerprint density at radius 1 is 1.14 bits per heavy atom. The van der Waals surface area contributed by atoms with E-state index in [1.807, 2.05) is 26.1 Å². The van der Waals surface area contributed by atoms with Crippen molar-refractivity contribution in [1.29, 1.82) is 0 Å². The third kappa shape index (κ3) is 8.44. The molecule has 3 aromatic carbocycles. The molecule has 3 atom stereocenters. The topological polar surface area (TPSA) is 180 Å². The summed E-state index contributed by atoms with van der Waals surface area (Å²) in [6.45, 7) is 8.07. The van der Waals surface area contributed by atoms with Gasteiger partial charge in [-0.1, -0.05) is 36.3 Å². The zero-order valence-electron chi connectivity index (χ0n) is 28.8. The number of benzene rings is 3. The van der Waals surface area contributed by atoms with Gasteiger partial charge in [0.2, 0.25) is 5.91 Å². The van der Waals surface area contributed by atoms with Crippen LogP contribution in [0.25, 0.3) is 0 Å². The van der Waals surface area contributed by atoms with E-state index in [-0.39, 0.29) is 58.9 Å². The van der Waals surface area contributed by atoms with Crippen LogP contribution in [0.2, 0.25) is 0 Å². The van der Waals surface area contributed by atoms with Crippen molar-refractivity contribution < 1.29 is 32.4 Å². The number of likely N-dealkylation sites (N-methyl/N-ethyl adjacent to an activating group) is 1. The molecule has 13 nitrogen and oxygen atoms in total. The first-order valence-electron chi connectivity index (χ1n) is 16.3. The number of aliphatic hydroxyl groups excluding tert-OH is 1. The fraction of sp³-hybridized carbons (Fsp3) is 0.361. The molecule has 50 heavy (non-hydrogen) atoms. The lowest BCUT2D eigenvalue weighted by molar-refractivity contribution is -0.134. The average Bonchev–Trinajstić information content (AvgIpc) is 3.44. The quantitative estimate of drug-likeness (QED) is 0.165. The molecule has 1 aliphatic heterocycles. The normalized spacial score (nSPS) is 17.3. The van der Waals surface area contributed by atoms with Gasteiger partial charge >= 0.3 is 0 Å². The SMILES string of the molecule is Cc1noc(C)c1S(=O)(=O)Nc1ccc2c(c1)CC(=O)N([C@@H](C)CO)C[C@@H](C)[C@@H](CN(C)Cc1ccc(C(=O)Nc3ccccc3N)cc1)O2. The molecule has 2 amide bonds. The highest BCUT2D eigenvalue weighted by molar-refractivity contribution is 7.92. The van der Waals surface area contributed by atoms with E-state index in [9.17, 15) is 23.1 Å². The second-order valence-corrected chi connectivity index (χ2v) is 14.5. The van der Waals surface area contributed by atoms with Crippen LogP contribution in [0.1, 0.15) is 46.8 Å². The van der Waals surface area contributed by atoms with Crippen molar-refractivity contribution in [2.45, 2.75) is 57.7 Å². The van der Waals surface area contributed by atoms with Crippen LogP contribution in [0.4, 0.5) is 17.1 Å². The van der Waals surface area contributed by atoms with Gasteiger partial charge < -0.3 is 30.3 Å². The van der Waals surface area contributed by atoms with Crippen LogP contribution >= 0.6 is 0 Å². The number of ether oxygens (including phenoxy) is 1. The highest BCUT2D eigenvalue weighted by atomic mass is 32.2. The molecule has 14 heteroatoms. The maximum atomic E-state index is 13.6. The number of aryl methyl sites for hydroxylation is 2. The number of hydrogen-bond acceptors (Lipinski definition) is 10. The summed E-state index contributed by atoms with van der Waals surface area (Å²) in [4.78, 5) is 30.1. The zero-order valence-corrected chi connectivity index (χ0v) is 29.7. The van der Waals surface area contributed by atoms with Gasteiger partial charge in [-0.2, -0.15) is 0 Å². The number of hydrogen-bond donors (Lipinski definition) is 4. The molecule has 0 bridgehead atoms. The number of amides is 2. The van der Waals surface area contributed by atoms with Gasteiger partial charge in [0.25, 0.3) is 15.9 Å². The smallest absolute Gasteiger partial charge is 0.267 e. The number of aromatic nitrogens is 1. The number of sulfonamides is 1. The van der Waals surface area contributed by atoms with Crippen LogP contribution in [0.15, 0.2) is 76.1 Å². The number of aliphatic hydroxyl groups is 1. The largest absolute Gasteiger partial charge is 0.488 e. The van der Waals surface area contributed by atoms with Crippen molar-refractivity contribution in [2.75, 3.05) is 42.5 Å². The number of fused-ring (bicyclic) bond motifs is 1. The van der Waals surface area contributed by atoms with E-state index in [4.69, 9.17) is 15.0 Å². The van der Waals surface area contributed by atoms with Crippen molar-refractivity contribution in [3.63, 3.8) is 0 Å². The molecule has 1 aliphatic rings. The van der Waals surface area contributed by atoms with E-state index in [2.05, 4.69) is 20.1 Å². The summed E-state index contributed by atoms with van der Waals surface area (Å²) in [6, 6.07) is 18.9. The van der Waals surface area contributed by atoms with E-state index in [0.29, 0.717) is 47.9 Å². The molecule has 4 aromatic rings. The van der Waals surface area contributed by atoms with E-state index >= 15 is 0 Å². The van der Waals surface area contributed by atoms with Crippen LogP contribution in [0.3, 0.4) is 0 Å². The molecule has 1 aromatic heterocycles. The van der Waals surface area contributed by atoms with E-state index < -0.39 is 16.1 Å². The lowest BCUT2D eigenvalue weighted by Crippen LogP contribution is -2.47. The summed E-state index contributed by atoms with van der Waals surface area (Å²) in [7, 11) is -2.05. The summed E-state index contributed by atoms with van der Waals surface area (Å²) in [6.07, 6.45) is -0.420. The molecular formula is C36H44N6O7S. The monoisotopic (exact) mass is 704 g/mol. The Morgan fingerprint density at radius 3 is 2.52 bits per heavy atom. The van der Waals surface area contributed by atoms with Crippen molar-refractivity contribution in [2.24, 2.45) is 5.92 Å². The Bertz CT molecular complexity index is 1930. The number of nitrogen functional groups attached to an aromatic ring is 1. The highest BCUT2D eigenvalue weighted by Crippen LogP contribution is 2.31. The molecule has 266 valence electrons. The Balaban J connectivity index is 1.34. The summed E-state index contributed by atoms with van der Waals surface area (Å²) >= 11 is 0. The maximum absolute atomic E-state index is 13.6. The van der Waals surface area contributed by atoms with Gasteiger partial charge in [-0.05, 0) is 75.8 Å². The summed E-state index contributed by atoms with van der Waals surface area (Å²) in [5, 5.41) is 16.6. The van der Waals surface area contributed by atoms with Crippen molar-refractivity contribution >= 4 is 38.9 Å². The third-order valence-corrected chi connectivity index (χ3v) is 10.4. The average molecular weight is 705 g/mol. The second-order valence-electron chi connectivity index (χ2n) is 12.9. The first kappa shape index (κ1) is 36.4. The fourth-order valence-corrected chi connectivity index (χ4v) is 7.41. The Kier molecular flexibility index (Phi) is 11.1. The van der Waals surface area contributed by atoms with Crippen molar-refractivity contribution in [1.82, 2.24) is 15.0 Å². The van der Waals surface area contributed by atoms with Gasteiger partial charge in [0.15, 0.2) is 10.7 Å². The minimum atomic E-state index is -4.02. The van der Waals surface area contributed by atoms with Crippen molar-refractivity contribution in [3.05, 3.63) is 94.9 Å². The lowest BCUT2D eigenvalue weighted by Gasteiger charge is -2.34. The first-order chi connectivity index (χ1) is 23.7. The third-order valence-electron chi connectivity index (χ3n) is 8.77. The molecule has 5 N–H and O–H groups in total. The van der Waals surface area contributed by atoms with Crippen LogP contribution in [0.5, 0.6) is 5.75 Å². The van der Waals surface area contributed by atoms with Crippen LogP contribution < -0.4 is 20.5 Å². The molecule has 0 fully saturated rings. The van der Waals surface area contributed by atoms with E-state index in [1.54, 1.807) is 73.3 Å². The van der Waals surface area contributed by atoms with Gasteiger partial charge in [-0.3, -0.25) is 19.2 Å². The summed E-state index contributed by atoms with van der Waals surface area (Å²) in [5.74, 6) is 0.0422. The number of carbonyl (C=O) groups excluding carboxylic acids is 2. The Hall–Kier alpha value is -4.92. The number of nitrogens with zero attached hydrogens (tertiary/aromatic N) is 3. The highest BCUT2D eigenvalue weighted by Gasteiger charge is 2.32. The van der Waals surface area contributed by atoms with Gasteiger partial charge in [0.1, 0.15) is 17.5 Å². The molecule has 0 aliphatic carbocycles. The number of anilines is 3. The van der Waals surface area contributed by atoms with Crippen LogP contribution in [-0.2, 0) is 27.8 Å². The summed E-state index contributed by atoms with van der Waals surface area (Å²) < 4.78 is 40.7. The van der Waals surface area contributed by atoms with Crippen LogP contribution in [0, 0.1) is 19.8 Å². The fourth-order valence-electron chi connectivity index (χ4n) is 6.03. The molecule has 0 saturated carbocycles. The molecule has 0 radical (unpaired) electrons. The Labute approximate surface area is 292 Å². The number of nitrogens with two attached hydrogens (primary N) is 1. The predicted octanol–water partition coefficient (Wildman–Crippen LogP) is 4.21. The molecule has 2 heterocycles. The molecule has 5 rings (SSSR count). The number of rotatable bonds is 11. The van der Waals surface area contributed by atoms with Gasteiger partial charge in [0, 0.05) is 42.4 Å². The van der Waals surface area contributed by atoms with Crippen LogP contribution in [-0.4, -0.2) is 79.2 Å². The van der Waals surface area contributed by atoms with E-state index in [0.717, 1.165) is 5.56 Å². The lowest BCUT2D eigenvalue weighted by atomic mass is 10.0. The Morgan fingerprint density at radius 2 is 1.86 bits per heavy atom. The molecule has 0 spiro atoms. The maximum Gasteiger partial charge on any atom is 0.267 e. The minimum absolute atomic E-state index is 0.0384. The number of nitrogens with one attached hydrogen (secondary N) is 2. The minimum Gasteiger partial charge on any atom is -0.488 e. The standard InChI is InChI=1S/C36H44N6O7S/c1-22-18-42(23(2)21-43)34(44)17-28-16-29(40-50(46,47)35-24(3)39-49-25(35)4)14-15-32(28)48-33(22)20-41(5)19-26-10-12-27(13-11-26)36(45)38-31-9-7-6-8-30(31)37/h6-16,22-23,33,40,43H,17-21,37H2,1-5H3,(H,38,45)/t22-,23+,33-/m1/s1. The molecule has 0 unspecified atom stereocenters. The zero-order chi connectivity index (χ0) is 36.2. The molecule has 0 saturated heterocycles. The summed E-state index contributed by atoms with van der Waals surface area (Å²) in [5.41, 5.74) is 9.49. The van der Waals surface area contributed by atoms with Gasteiger partial charge in [-0.25, -0.2) is 8.42 Å². The first-order valence-corrected chi connectivity index (χ1v) is 17.8. The van der Waals surface area contributed by atoms with Gasteiger partial charge in [0.05, 0.1) is 30.4 Å². The predicted molar refractivity (Wildman–Crippen MR) is 190 cm³/mol. The molecular weight excluding hydrogens is 660 g/mol. The van der Waals surface area contributed by atoms with Crippen molar-refractivity contribution in [3.8, 4) is 5.75 Å². The second kappa shape index (κ2) is 15.3.